The van der Waals surface area contributed by atoms with E-state index in [2.05, 4.69) is 15.9 Å². The third-order valence-corrected chi connectivity index (χ3v) is 2.27. The van der Waals surface area contributed by atoms with Gasteiger partial charge in [0.05, 0.1) is 9.40 Å². The van der Waals surface area contributed by atoms with E-state index in [0.717, 1.165) is 0 Å². The molecular weight excluding hydrogens is 282 g/mol. The maximum Gasteiger partial charge on any atom is 0.271 e. The molecule has 1 rings (SSSR count). The van der Waals surface area contributed by atoms with Gasteiger partial charge in [0.15, 0.2) is 6.61 Å². The number of amides is 1. The first-order chi connectivity index (χ1) is 7.54. The number of nitrogens with zero attached hydrogens (tertiary/aromatic N) is 1. The molecule has 0 heterocycles. The van der Waals surface area contributed by atoms with Crippen molar-refractivity contribution in [3.63, 3.8) is 0 Å². The molecule has 1 amide bonds. The minimum Gasteiger partial charge on any atom is -0.483 e. The van der Waals surface area contributed by atoms with Crippen LogP contribution < -0.4 is 16.0 Å². The average Bonchev–Trinajstić information content (AvgIpc) is 2.26. The fraction of sp³-hybridized carbons (Fsp3) is 0.125. The topological polar surface area (TPSA) is 107 Å². The molecule has 0 aliphatic carbocycles. The molecule has 0 fully saturated rings. The standard InChI is InChI=1S/C8H8BrN3O4/c9-6-3-5(12(14)15)1-2-7(6)16-4-8(13)11-10/h1-3H,4,10H2,(H,11,13). The number of nitro benzene ring substituents is 1. The van der Waals surface area contributed by atoms with Crippen molar-refractivity contribution in [2.24, 2.45) is 5.84 Å². The third kappa shape index (κ3) is 3.17. The van der Waals surface area contributed by atoms with E-state index in [4.69, 9.17) is 10.6 Å². The minimum atomic E-state index is -0.527. The van der Waals surface area contributed by atoms with Crippen LogP contribution in [0.15, 0.2) is 22.7 Å². The van der Waals surface area contributed by atoms with Gasteiger partial charge in [0.1, 0.15) is 5.75 Å². The lowest BCUT2D eigenvalue weighted by atomic mass is 10.3. The number of carbonyl (C=O) groups excluding carboxylic acids is 1. The summed E-state index contributed by atoms with van der Waals surface area (Å²) in [4.78, 5) is 20.7. The van der Waals surface area contributed by atoms with Crippen LogP contribution >= 0.6 is 15.9 Å². The van der Waals surface area contributed by atoms with E-state index in [9.17, 15) is 14.9 Å². The third-order valence-electron chi connectivity index (χ3n) is 1.65. The molecule has 3 N–H and O–H groups in total. The van der Waals surface area contributed by atoms with Gasteiger partial charge in [-0.2, -0.15) is 0 Å². The Hall–Kier alpha value is -1.67. The lowest BCUT2D eigenvalue weighted by molar-refractivity contribution is -0.384. The molecule has 0 bridgehead atoms. The van der Waals surface area contributed by atoms with Gasteiger partial charge in [0.25, 0.3) is 11.6 Å². The Kier molecular flexibility index (Phi) is 4.20. The van der Waals surface area contributed by atoms with Crippen LogP contribution in [0.4, 0.5) is 5.69 Å². The zero-order valence-corrected chi connectivity index (χ0v) is 9.56. The molecule has 7 nitrogen and oxygen atoms in total. The van der Waals surface area contributed by atoms with Crippen molar-refractivity contribution in [2.75, 3.05) is 6.61 Å². The average molecular weight is 290 g/mol. The predicted octanol–water partition coefficient (Wildman–Crippen LogP) is 0.726. The molecule has 0 aliphatic rings. The molecule has 0 saturated carbocycles. The van der Waals surface area contributed by atoms with E-state index in [1.165, 1.54) is 18.2 Å². The van der Waals surface area contributed by atoms with Crippen LogP contribution in [0.1, 0.15) is 0 Å². The number of ether oxygens (including phenoxy) is 1. The summed E-state index contributed by atoms with van der Waals surface area (Å²) in [5.41, 5.74) is 1.83. The summed E-state index contributed by atoms with van der Waals surface area (Å²) in [6.45, 7) is -0.257. The molecule has 1 aromatic carbocycles. The Morgan fingerprint density at radius 3 is 2.81 bits per heavy atom. The Morgan fingerprint density at radius 2 is 2.31 bits per heavy atom. The first kappa shape index (κ1) is 12.4. The smallest absolute Gasteiger partial charge is 0.271 e. The number of carbonyl (C=O) groups is 1. The Bertz CT molecular complexity index is 424. The zero-order valence-electron chi connectivity index (χ0n) is 7.97. The summed E-state index contributed by atoms with van der Waals surface area (Å²) in [6.07, 6.45) is 0. The normalized spacial score (nSPS) is 9.62. The molecule has 1 aromatic rings. The molecule has 16 heavy (non-hydrogen) atoms. The highest BCUT2D eigenvalue weighted by Crippen LogP contribution is 2.28. The highest BCUT2D eigenvalue weighted by atomic mass is 79.9. The second-order valence-corrected chi connectivity index (χ2v) is 3.58. The number of nitro groups is 1. The van der Waals surface area contributed by atoms with Crippen molar-refractivity contribution in [1.29, 1.82) is 0 Å². The number of benzene rings is 1. The van der Waals surface area contributed by atoms with Crippen LogP contribution in [0.25, 0.3) is 0 Å². The van der Waals surface area contributed by atoms with Gasteiger partial charge in [-0.05, 0) is 22.0 Å². The van der Waals surface area contributed by atoms with E-state index in [0.29, 0.717) is 10.2 Å². The van der Waals surface area contributed by atoms with E-state index < -0.39 is 10.8 Å². The molecule has 0 saturated heterocycles. The lowest BCUT2D eigenvalue weighted by Crippen LogP contribution is -2.34. The van der Waals surface area contributed by atoms with Crippen LogP contribution in [0.5, 0.6) is 5.75 Å². The number of hydrazine groups is 1. The fourth-order valence-corrected chi connectivity index (χ4v) is 1.39. The van der Waals surface area contributed by atoms with Gasteiger partial charge in [-0.1, -0.05) is 0 Å². The quantitative estimate of drug-likeness (QED) is 0.368. The van der Waals surface area contributed by atoms with Gasteiger partial charge < -0.3 is 4.74 Å². The number of rotatable bonds is 4. The second-order valence-electron chi connectivity index (χ2n) is 2.73. The molecule has 0 spiro atoms. The van der Waals surface area contributed by atoms with E-state index in [1.807, 2.05) is 5.43 Å². The summed E-state index contributed by atoms with van der Waals surface area (Å²) < 4.78 is 5.46. The number of halogens is 1. The van der Waals surface area contributed by atoms with Crippen LogP contribution in [0, 0.1) is 10.1 Å². The van der Waals surface area contributed by atoms with Gasteiger partial charge in [-0.3, -0.25) is 20.3 Å². The lowest BCUT2D eigenvalue weighted by Gasteiger charge is -2.06. The number of hydrogen-bond donors (Lipinski definition) is 2. The van der Waals surface area contributed by atoms with E-state index in [1.54, 1.807) is 0 Å². The predicted molar refractivity (Wildman–Crippen MR) is 58.6 cm³/mol. The van der Waals surface area contributed by atoms with Gasteiger partial charge in [0.2, 0.25) is 0 Å². The van der Waals surface area contributed by atoms with Crippen molar-refractivity contribution >= 4 is 27.5 Å². The minimum absolute atomic E-state index is 0.0671. The van der Waals surface area contributed by atoms with Crippen LogP contribution in [-0.4, -0.2) is 17.4 Å². The molecule has 8 heteroatoms. The van der Waals surface area contributed by atoms with E-state index >= 15 is 0 Å². The maximum absolute atomic E-state index is 10.8. The first-order valence-corrected chi connectivity index (χ1v) is 4.90. The molecule has 0 aliphatic heterocycles. The van der Waals surface area contributed by atoms with Crippen molar-refractivity contribution in [2.45, 2.75) is 0 Å². The number of nitrogens with two attached hydrogens (primary N) is 1. The van der Waals surface area contributed by atoms with E-state index in [-0.39, 0.29) is 12.3 Å². The maximum atomic E-state index is 10.8. The zero-order chi connectivity index (χ0) is 12.1. The molecule has 0 radical (unpaired) electrons. The summed E-state index contributed by atoms with van der Waals surface area (Å²) in [5.74, 6) is 4.69. The van der Waals surface area contributed by atoms with Gasteiger partial charge >= 0.3 is 0 Å². The Balaban J connectivity index is 2.75. The van der Waals surface area contributed by atoms with Gasteiger partial charge in [-0.15, -0.1) is 0 Å². The molecule has 0 atom stereocenters. The van der Waals surface area contributed by atoms with Crippen LogP contribution in [0.2, 0.25) is 0 Å². The fourth-order valence-electron chi connectivity index (χ4n) is 0.905. The molecular formula is C8H8BrN3O4. The summed E-state index contributed by atoms with van der Waals surface area (Å²) in [6, 6.07) is 3.96. The second kappa shape index (κ2) is 5.42. The van der Waals surface area contributed by atoms with Crippen molar-refractivity contribution in [1.82, 2.24) is 5.43 Å². The van der Waals surface area contributed by atoms with Crippen molar-refractivity contribution in [3.8, 4) is 5.75 Å². The summed E-state index contributed by atoms with van der Waals surface area (Å²) >= 11 is 3.10. The summed E-state index contributed by atoms with van der Waals surface area (Å²) in [7, 11) is 0. The number of nitrogens with one attached hydrogen (secondary N) is 1. The highest BCUT2D eigenvalue weighted by Gasteiger charge is 2.10. The molecule has 86 valence electrons. The van der Waals surface area contributed by atoms with Crippen molar-refractivity contribution < 1.29 is 14.5 Å². The van der Waals surface area contributed by atoms with Gasteiger partial charge in [0, 0.05) is 12.1 Å². The Morgan fingerprint density at radius 1 is 1.62 bits per heavy atom. The van der Waals surface area contributed by atoms with Crippen LogP contribution in [-0.2, 0) is 4.79 Å². The highest BCUT2D eigenvalue weighted by molar-refractivity contribution is 9.10. The first-order valence-electron chi connectivity index (χ1n) is 4.10. The van der Waals surface area contributed by atoms with Gasteiger partial charge in [-0.25, -0.2) is 5.84 Å². The summed E-state index contributed by atoms with van der Waals surface area (Å²) in [5, 5.41) is 10.4. The monoisotopic (exact) mass is 289 g/mol. The Labute approximate surface area is 98.8 Å². The molecule has 0 unspecified atom stereocenters. The number of non-ortho nitro benzene ring substituents is 1. The van der Waals surface area contributed by atoms with Crippen molar-refractivity contribution in [3.05, 3.63) is 32.8 Å². The molecule has 0 aromatic heterocycles. The largest absolute Gasteiger partial charge is 0.483 e. The number of hydrogen-bond acceptors (Lipinski definition) is 5. The van der Waals surface area contributed by atoms with Crippen LogP contribution in [0.3, 0.4) is 0 Å². The SMILES string of the molecule is NNC(=O)COc1ccc([N+](=O)[O-])cc1Br.